The average molecular weight is 825 g/mol. The molecule has 12 N–H and O–H groups in total. The number of phosphoric acid groups is 3. The van der Waals surface area contributed by atoms with Gasteiger partial charge in [0.1, 0.15) is 47.9 Å². The normalized spacial score (nSPS) is 23.0. The first-order valence-corrected chi connectivity index (χ1v) is 20.3. The van der Waals surface area contributed by atoms with Crippen molar-refractivity contribution in [2.75, 3.05) is 37.8 Å². The fourth-order valence-corrected chi connectivity index (χ4v) is 7.76. The number of fused-ring (bicyclic) bond motifs is 1. The quantitative estimate of drug-likeness (QED) is 0.0272. The Morgan fingerprint density at radius 3 is 2.44 bits per heavy atom. The number of aromatic nitrogens is 4. The summed E-state index contributed by atoms with van der Waals surface area (Å²) in [4.78, 5) is 85.6. The van der Waals surface area contributed by atoms with E-state index in [1.165, 1.54) is 13.8 Å². The zero-order valence-corrected chi connectivity index (χ0v) is 30.8. The lowest BCUT2D eigenvalue weighted by atomic mass is 9.87. The number of rotatable bonds is 21. The Hall–Kier alpha value is -2.48. The number of ether oxygens (including phenoxy) is 1. The molecule has 294 valence electrons. The van der Waals surface area contributed by atoms with E-state index in [0.717, 1.165) is 29.0 Å². The van der Waals surface area contributed by atoms with Gasteiger partial charge in [-0.15, -0.1) is 11.8 Å². The molecule has 8 atom stereocenters. The number of phosphoric ester groups is 3. The van der Waals surface area contributed by atoms with Crippen LogP contribution >= 0.6 is 35.2 Å². The minimum atomic E-state index is -5.56. The Balaban J connectivity index is 1.54. The molecule has 52 heavy (non-hydrogen) atoms. The van der Waals surface area contributed by atoms with Crippen molar-refractivity contribution >= 4 is 70.3 Å². The molecule has 0 radical (unpaired) electrons. The van der Waals surface area contributed by atoms with E-state index >= 15 is 0 Å². The third kappa shape index (κ3) is 12.8. The number of nitrogens with zero attached hydrogens (tertiary/aromatic N) is 4. The van der Waals surface area contributed by atoms with Crippen molar-refractivity contribution < 1.29 is 80.5 Å². The maximum atomic E-state index is 12.6. The van der Waals surface area contributed by atoms with Crippen molar-refractivity contribution in [3.05, 3.63) is 12.7 Å². The first-order valence-electron chi connectivity index (χ1n) is 14.8. The van der Waals surface area contributed by atoms with Crippen LogP contribution in [0, 0.1) is 5.41 Å². The highest BCUT2D eigenvalue weighted by atomic mass is 32.2. The number of nitrogens with two attached hydrogens (primary N) is 2. The maximum Gasteiger partial charge on any atom is 0.481 e. The Morgan fingerprint density at radius 1 is 1.12 bits per heavy atom. The van der Waals surface area contributed by atoms with Gasteiger partial charge in [-0.1, -0.05) is 13.8 Å². The summed E-state index contributed by atoms with van der Waals surface area (Å²) in [6.45, 7) is 0.472. The third-order valence-electron chi connectivity index (χ3n) is 6.95. The minimum absolute atomic E-state index is 0.0285. The van der Waals surface area contributed by atoms with Crippen molar-refractivity contribution in [1.82, 2.24) is 30.2 Å². The van der Waals surface area contributed by atoms with Gasteiger partial charge in [-0.3, -0.25) is 27.7 Å². The van der Waals surface area contributed by atoms with E-state index in [-0.39, 0.29) is 36.5 Å². The number of aliphatic hydroxyl groups excluding tert-OH is 2. The van der Waals surface area contributed by atoms with Gasteiger partial charge < -0.3 is 61.4 Å². The molecule has 4 unspecified atom stereocenters. The number of hydrogen-bond acceptors (Lipinski definition) is 19. The third-order valence-corrected chi connectivity index (χ3v) is 11.0. The van der Waals surface area contributed by atoms with Crippen LogP contribution < -0.4 is 22.1 Å². The van der Waals surface area contributed by atoms with Gasteiger partial charge in [0.25, 0.3) is 0 Å². The van der Waals surface area contributed by atoms with E-state index in [9.17, 15) is 57.9 Å². The standard InChI is InChI=1S/C23H39N8O17P3S/c1-23(2,18(35)21(36)27-4-3-14(33)26-5-6-52-13(24)7-32)9-45-51(42,43)48-50(40,41)44-8-12-17(47-49(37,38)39)16(34)22(46-12)31-11-30-15-19(25)28-10-29-20(15)31/h7,10-13,16-18,22,34-35H,3-6,8-9,24H2,1-2H3,(H,26,33)(H,27,36)(H,40,41)(H,42,43)(H2,25,28,29)(H2,37,38,39)/t12-,13?,16-,17-,18?,22-/m1/s1. The van der Waals surface area contributed by atoms with Crippen molar-refractivity contribution in [2.24, 2.45) is 11.1 Å². The zero-order valence-electron chi connectivity index (χ0n) is 27.3. The Kier molecular flexibility index (Phi) is 15.4. The summed E-state index contributed by atoms with van der Waals surface area (Å²) >= 11 is 1.12. The number of carbonyl (C=O) groups excluding carboxylic acids is 3. The molecule has 3 heterocycles. The second-order valence-corrected chi connectivity index (χ2v) is 17.1. The number of anilines is 1. The number of imidazole rings is 1. The predicted molar refractivity (Wildman–Crippen MR) is 176 cm³/mol. The molecular weight excluding hydrogens is 785 g/mol. The van der Waals surface area contributed by atoms with E-state index in [0.29, 0.717) is 12.0 Å². The SMILES string of the molecule is CC(C)(COP(=O)(O)OP(=O)(O)OC[C@H]1O[C@@H](n2cnc3c(N)ncnc32)[C@H](O)[C@@H]1OP(=O)(O)O)C(O)C(=O)NCCC(=O)NCCSC(N)C=O. The van der Waals surface area contributed by atoms with E-state index in [4.69, 9.17) is 25.3 Å². The van der Waals surface area contributed by atoms with E-state index in [1.807, 2.05) is 0 Å². The Bertz CT molecular complexity index is 1710. The summed E-state index contributed by atoms with van der Waals surface area (Å²) in [5.74, 6) is -1.10. The summed E-state index contributed by atoms with van der Waals surface area (Å²) in [6.07, 6.45) is -6.37. The summed E-state index contributed by atoms with van der Waals surface area (Å²) < 4.78 is 61.8. The molecule has 2 aromatic rings. The molecular formula is C23H39N8O17P3S. The van der Waals surface area contributed by atoms with Crippen LogP contribution in [0.1, 0.15) is 26.5 Å². The van der Waals surface area contributed by atoms with Gasteiger partial charge in [-0.2, -0.15) is 4.31 Å². The fraction of sp³-hybridized carbons (Fsp3) is 0.652. The second-order valence-electron chi connectivity index (χ2n) is 11.5. The summed E-state index contributed by atoms with van der Waals surface area (Å²) in [5, 5.41) is 25.5. The second kappa shape index (κ2) is 18.2. The molecule has 3 rings (SSSR count). The molecule has 0 aliphatic carbocycles. The van der Waals surface area contributed by atoms with Crippen LogP contribution in [-0.2, 0) is 50.7 Å². The Morgan fingerprint density at radius 2 is 1.79 bits per heavy atom. The molecule has 0 saturated carbocycles. The van der Waals surface area contributed by atoms with E-state index in [2.05, 4.69) is 34.4 Å². The minimum Gasteiger partial charge on any atom is -0.386 e. The molecule has 0 spiro atoms. The summed E-state index contributed by atoms with van der Waals surface area (Å²) in [5.41, 5.74) is 9.67. The van der Waals surface area contributed by atoms with Crippen LogP contribution in [0.25, 0.3) is 11.2 Å². The van der Waals surface area contributed by atoms with Gasteiger partial charge in [-0.25, -0.2) is 28.6 Å². The maximum absolute atomic E-state index is 12.6. The predicted octanol–water partition coefficient (Wildman–Crippen LogP) is -2.38. The van der Waals surface area contributed by atoms with Crippen LogP contribution in [0.2, 0.25) is 0 Å². The summed E-state index contributed by atoms with van der Waals surface area (Å²) in [6, 6.07) is 0. The van der Waals surface area contributed by atoms with Gasteiger partial charge in [0.05, 0.1) is 19.5 Å². The molecule has 0 bridgehead atoms. The van der Waals surface area contributed by atoms with Crippen LogP contribution in [0.15, 0.2) is 12.7 Å². The highest BCUT2D eigenvalue weighted by Crippen LogP contribution is 2.61. The van der Waals surface area contributed by atoms with Crippen LogP contribution in [0.5, 0.6) is 0 Å². The molecule has 29 heteroatoms. The van der Waals surface area contributed by atoms with E-state index in [1.54, 1.807) is 0 Å². The van der Waals surface area contributed by atoms with Gasteiger partial charge >= 0.3 is 23.5 Å². The molecule has 0 aromatic carbocycles. The largest absolute Gasteiger partial charge is 0.481 e. The van der Waals surface area contributed by atoms with E-state index < -0.39 is 89.9 Å². The number of nitrogens with one attached hydrogen (secondary N) is 2. The van der Waals surface area contributed by atoms with Gasteiger partial charge in [-0.05, 0) is 0 Å². The number of carbonyl (C=O) groups is 3. The number of nitrogen functional groups attached to an aromatic ring is 1. The highest BCUT2D eigenvalue weighted by molar-refractivity contribution is 8.00. The number of thioether (sulfide) groups is 1. The van der Waals surface area contributed by atoms with Crippen molar-refractivity contribution in [3.63, 3.8) is 0 Å². The van der Waals surface area contributed by atoms with Gasteiger partial charge in [0.15, 0.2) is 17.7 Å². The van der Waals surface area contributed by atoms with Crippen molar-refractivity contribution in [2.45, 2.75) is 56.3 Å². The zero-order chi connectivity index (χ0) is 39.1. The first kappa shape index (κ1) is 43.9. The Labute approximate surface area is 298 Å². The van der Waals surface area contributed by atoms with Crippen LogP contribution in [0.3, 0.4) is 0 Å². The molecule has 1 fully saturated rings. The van der Waals surface area contributed by atoms with Crippen molar-refractivity contribution in [3.8, 4) is 0 Å². The van der Waals surface area contributed by atoms with Gasteiger partial charge in [0.2, 0.25) is 11.8 Å². The molecule has 1 saturated heterocycles. The lowest BCUT2D eigenvalue weighted by Crippen LogP contribution is -2.46. The monoisotopic (exact) mass is 824 g/mol. The first-order chi connectivity index (χ1) is 24.1. The topological polar surface area (TPSA) is 390 Å². The lowest BCUT2D eigenvalue weighted by molar-refractivity contribution is -0.137. The number of hydrogen-bond donors (Lipinski definition) is 10. The van der Waals surface area contributed by atoms with Gasteiger partial charge in [0, 0.05) is 30.7 Å². The fourth-order valence-electron chi connectivity index (χ4n) is 4.36. The highest BCUT2D eigenvalue weighted by Gasteiger charge is 2.50. The molecule has 1 aliphatic rings. The molecule has 2 aromatic heterocycles. The number of aldehydes is 1. The van der Waals surface area contributed by atoms with Crippen molar-refractivity contribution in [1.29, 1.82) is 0 Å². The molecule has 1 aliphatic heterocycles. The summed E-state index contributed by atoms with van der Waals surface area (Å²) in [7, 11) is -16.4. The average Bonchev–Trinajstić information content (AvgIpc) is 3.60. The molecule has 25 nitrogen and oxygen atoms in total. The van der Waals surface area contributed by atoms with Crippen LogP contribution in [-0.4, -0.2) is 129 Å². The molecule has 2 amide bonds. The number of amides is 2. The lowest BCUT2D eigenvalue weighted by Gasteiger charge is -2.30. The smallest absolute Gasteiger partial charge is 0.386 e. The number of aliphatic hydroxyl groups is 2. The van der Waals surface area contributed by atoms with Crippen LogP contribution in [0.4, 0.5) is 5.82 Å².